The van der Waals surface area contributed by atoms with Gasteiger partial charge in [0.15, 0.2) is 0 Å². The maximum atomic E-state index is 13.1. The molecule has 3 heterocycles. The Morgan fingerprint density at radius 1 is 1.33 bits per heavy atom. The summed E-state index contributed by atoms with van der Waals surface area (Å²) in [5.74, 6) is 0.0559. The number of nitrogens with zero attached hydrogens (tertiary/aromatic N) is 2. The average molecular weight is 312 g/mol. The molecule has 6 heteroatoms. The number of anilines is 1. The molecule has 4 rings (SSSR count). The van der Waals surface area contributed by atoms with Gasteiger partial charge in [-0.25, -0.2) is 9.18 Å². The van der Waals surface area contributed by atoms with Gasteiger partial charge in [-0.1, -0.05) is 11.6 Å². The lowest BCUT2D eigenvalue weighted by Crippen LogP contribution is -2.42. The molecule has 2 atom stereocenters. The minimum Gasteiger partial charge on any atom is -0.323 e. The molecular formula is C15H19ClFN3O. The zero-order valence-electron chi connectivity index (χ0n) is 12.0. The van der Waals surface area contributed by atoms with Crippen LogP contribution in [0.15, 0.2) is 18.2 Å². The van der Waals surface area contributed by atoms with E-state index >= 15 is 0 Å². The van der Waals surface area contributed by atoms with E-state index in [9.17, 15) is 9.18 Å². The Balaban J connectivity index is 1.69. The molecule has 0 spiro atoms. The first-order chi connectivity index (χ1) is 10.0. The van der Waals surface area contributed by atoms with E-state index in [4.69, 9.17) is 11.6 Å². The molecule has 0 unspecified atom stereocenters. The second-order valence-corrected chi connectivity index (χ2v) is 6.41. The van der Waals surface area contributed by atoms with Crippen molar-refractivity contribution in [1.29, 1.82) is 0 Å². The highest BCUT2D eigenvalue weighted by atomic mass is 35.5. The van der Waals surface area contributed by atoms with Crippen molar-refractivity contribution in [2.24, 2.45) is 5.92 Å². The first-order valence-corrected chi connectivity index (χ1v) is 7.62. The fourth-order valence-corrected chi connectivity index (χ4v) is 3.44. The van der Waals surface area contributed by atoms with E-state index in [-0.39, 0.29) is 11.1 Å². The third-order valence-corrected chi connectivity index (χ3v) is 4.74. The Hall–Kier alpha value is -1.33. The van der Waals surface area contributed by atoms with Crippen LogP contribution in [0, 0.1) is 11.7 Å². The van der Waals surface area contributed by atoms with Crippen molar-refractivity contribution in [2.45, 2.75) is 18.9 Å². The molecule has 2 amide bonds. The van der Waals surface area contributed by atoms with Crippen molar-refractivity contribution in [1.82, 2.24) is 9.80 Å². The molecule has 3 fully saturated rings. The van der Waals surface area contributed by atoms with Crippen molar-refractivity contribution >= 4 is 23.3 Å². The molecule has 21 heavy (non-hydrogen) atoms. The van der Waals surface area contributed by atoms with Gasteiger partial charge >= 0.3 is 6.03 Å². The quantitative estimate of drug-likeness (QED) is 0.865. The third-order valence-electron chi connectivity index (χ3n) is 4.45. The predicted octanol–water partition coefficient (Wildman–Crippen LogP) is 3.04. The summed E-state index contributed by atoms with van der Waals surface area (Å²) < 4.78 is 13.1. The SMILES string of the molecule is CN1C[C@H]2CC[C@@H]1CN(C(=O)Nc1ccc(F)c(Cl)c1)C2. The Bertz CT molecular complexity index is 554. The standard InChI is InChI=1S/C15H19ClFN3O/c1-19-7-10-2-4-12(19)9-20(8-10)15(21)18-11-3-5-14(17)13(16)6-11/h3,5-6,10,12H,2,4,7-9H2,1H3,(H,18,21)/t10-,12-/m1/s1. The number of carbonyl (C=O) groups is 1. The number of hydrogen-bond donors (Lipinski definition) is 1. The van der Waals surface area contributed by atoms with Crippen LogP contribution in [-0.2, 0) is 0 Å². The second-order valence-electron chi connectivity index (χ2n) is 6.00. The summed E-state index contributed by atoms with van der Waals surface area (Å²) in [6, 6.07) is 4.53. The number of piperidine rings is 1. The Kier molecular flexibility index (Phi) is 4.04. The molecule has 0 aliphatic carbocycles. The van der Waals surface area contributed by atoms with Crippen molar-refractivity contribution in [3.05, 3.63) is 29.0 Å². The number of rotatable bonds is 1. The minimum atomic E-state index is -0.482. The zero-order chi connectivity index (χ0) is 15.0. The fraction of sp³-hybridized carbons (Fsp3) is 0.533. The Morgan fingerprint density at radius 3 is 2.86 bits per heavy atom. The largest absolute Gasteiger partial charge is 0.323 e. The van der Waals surface area contributed by atoms with Gasteiger partial charge in [0.25, 0.3) is 0 Å². The third kappa shape index (κ3) is 3.14. The molecule has 3 aliphatic rings. The summed E-state index contributed by atoms with van der Waals surface area (Å²) in [6.45, 7) is 2.58. The number of amides is 2. The van der Waals surface area contributed by atoms with Crippen LogP contribution in [-0.4, -0.2) is 48.6 Å². The highest BCUT2D eigenvalue weighted by molar-refractivity contribution is 6.31. The van der Waals surface area contributed by atoms with Gasteiger partial charge in [0.05, 0.1) is 5.02 Å². The van der Waals surface area contributed by atoms with E-state index in [1.807, 2.05) is 4.90 Å². The summed E-state index contributed by atoms with van der Waals surface area (Å²) in [4.78, 5) is 16.6. The summed E-state index contributed by atoms with van der Waals surface area (Å²) in [6.07, 6.45) is 2.33. The number of likely N-dealkylation sites (N-methyl/N-ethyl adjacent to an activating group) is 1. The molecule has 3 saturated heterocycles. The fourth-order valence-electron chi connectivity index (χ4n) is 3.26. The van der Waals surface area contributed by atoms with E-state index in [1.54, 1.807) is 0 Å². The summed E-state index contributed by atoms with van der Waals surface area (Å²) in [5, 5.41) is 2.83. The molecule has 2 bridgehead atoms. The van der Waals surface area contributed by atoms with Gasteiger partial charge in [0, 0.05) is 31.4 Å². The van der Waals surface area contributed by atoms with Crippen LogP contribution in [0.2, 0.25) is 5.02 Å². The molecule has 1 aromatic rings. The lowest BCUT2D eigenvalue weighted by atomic mass is 9.96. The van der Waals surface area contributed by atoms with Crippen LogP contribution in [0.5, 0.6) is 0 Å². The van der Waals surface area contributed by atoms with Crippen LogP contribution < -0.4 is 5.32 Å². The zero-order valence-corrected chi connectivity index (χ0v) is 12.7. The van der Waals surface area contributed by atoms with Gasteiger partial charge in [-0.3, -0.25) is 0 Å². The van der Waals surface area contributed by atoms with E-state index < -0.39 is 5.82 Å². The molecule has 0 radical (unpaired) electrons. The van der Waals surface area contributed by atoms with Crippen molar-refractivity contribution in [3.63, 3.8) is 0 Å². The lowest BCUT2D eigenvalue weighted by Gasteiger charge is -2.32. The molecule has 1 N–H and O–H groups in total. The highest BCUT2D eigenvalue weighted by Gasteiger charge is 2.34. The van der Waals surface area contributed by atoms with Gasteiger partial charge in [0.2, 0.25) is 0 Å². The number of nitrogens with one attached hydrogen (secondary N) is 1. The molecule has 1 aromatic carbocycles. The number of fused-ring (bicyclic) bond motifs is 4. The van der Waals surface area contributed by atoms with E-state index in [0.717, 1.165) is 26.1 Å². The topological polar surface area (TPSA) is 35.6 Å². The summed E-state index contributed by atoms with van der Waals surface area (Å²) in [7, 11) is 2.12. The maximum absolute atomic E-state index is 13.1. The number of urea groups is 1. The molecule has 0 saturated carbocycles. The van der Waals surface area contributed by atoms with Crippen LogP contribution in [0.4, 0.5) is 14.9 Å². The lowest BCUT2D eigenvalue weighted by molar-refractivity contribution is 0.166. The van der Waals surface area contributed by atoms with E-state index in [2.05, 4.69) is 17.3 Å². The normalized spacial score (nSPS) is 25.8. The van der Waals surface area contributed by atoms with Crippen LogP contribution >= 0.6 is 11.6 Å². The van der Waals surface area contributed by atoms with Crippen molar-refractivity contribution < 1.29 is 9.18 Å². The highest BCUT2D eigenvalue weighted by Crippen LogP contribution is 2.27. The second kappa shape index (κ2) is 5.81. The smallest absolute Gasteiger partial charge is 0.321 e. The predicted molar refractivity (Wildman–Crippen MR) is 81.1 cm³/mol. The molecule has 0 aromatic heterocycles. The van der Waals surface area contributed by atoms with Crippen molar-refractivity contribution in [2.75, 3.05) is 32.0 Å². The van der Waals surface area contributed by atoms with Crippen molar-refractivity contribution in [3.8, 4) is 0 Å². The summed E-state index contributed by atoms with van der Waals surface area (Å²) in [5.41, 5.74) is 0.524. The molecular weight excluding hydrogens is 293 g/mol. The van der Waals surface area contributed by atoms with Gasteiger partial charge in [-0.15, -0.1) is 0 Å². The van der Waals surface area contributed by atoms with Crippen LogP contribution in [0.25, 0.3) is 0 Å². The van der Waals surface area contributed by atoms with E-state index in [0.29, 0.717) is 17.6 Å². The number of benzene rings is 1. The Morgan fingerprint density at radius 2 is 2.14 bits per heavy atom. The molecule has 4 nitrogen and oxygen atoms in total. The van der Waals surface area contributed by atoms with E-state index in [1.165, 1.54) is 24.6 Å². The van der Waals surface area contributed by atoms with Gasteiger partial charge in [-0.2, -0.15) is 0 Å². The van der Waals surface area contributed by atoms with Gasteiger partial charge in [-0.05, 0) is 44.0 Å². The Labute approximate surface area is 128 Å². The van der Waals surface area contributed by atoms with Crippen LogP contribution in [0.1, 0.15) is 12.8 Å². The molecule has 114 valence electrons. The van der Waals surface area contributed by atoms with Gasteiger partial charge < -0.3 is 15.1 Å². The minimum absolute atomic E-state index is 0.0171. The first kappa shape index (κ1) is 14.6. The first-order valence-electron chi connectivity index (χ1n) is 7.24. The average Bonchev–Trinajstić information content (AvgIpc) is 2.74. The number of halogens is 2. The monoisotopic (exact) mass is 311 g/mol. The van der Waals surface area contributed by atoms with Crippen LogP contribution in [0.3, 0.4) is 0 Å². The number of carbonyl (C=O) groups excluding carboxylic acids is 1. The molecule has 3 aliphatic heterocycles. The summed E-state index contributed by atoms with van der Waals surface area (Å²) >= 11 is 5.74. The number of hydrogen-bond acceptors (Lipinski definition) is 2. The van der Waals surface area contributed by atoms with Gasteiger partial charge in [0.1, 0.15) is 5.82 Å². The maximum Gasteiger partial charge on any atom is 0.321 e.